The summed E-state index contributed by atoms with van der Waals surface area (Å²) in [6.45, 7) is 8.53. The Balaban J connectivity index is 2.44. The summed E-state index contributed by atoms with van der Waals surface area (Å²) in [6, 6.07) is 1.92. The Labute approximate surface area is 107 Å². The van der Waals surface area contributed by atoms with Gasteiger partial charge >= 0.3 is 0 Å². The molecule has 3 heteroatoms. The van der Waals surface area contributed by atoms with Gasteiger partial charge in [-0.3, -0.25) is 4.79 Å². The second-order valence-corrected chi connectivity index (χ2v) is 4.66. The molecule has 1 amide bonds. The molecule has 0 atom stereocenters. The van der Waals surface area contributed by atoms with Gasteiger partial charge in [-0.2, -0.15) is 0 Å². The molecule has 18 heavy (non-hydrogen) atoms. The van der Waals surface area contributed by atoms with E-state index in [4.69, 9.17) is 0 Å². The third kappa shape index (κ3) is 2.45. The minimum Gasteiger partial charge on any atom is -0.358 e. The van der Waals surface area contributed by atoms with E-state index in [2.05, 4.69) is 23.0 Å². The number of amides is 1. The maximum absolute atomic E-state index is 11.7. The second kappa shape index (κ2) is 5.08. The van der Waals surface area contributed by atoms with Crippen molar-refractivity contribution < 1.29 is 4.79 Å². The van der Waals surface area contributed by atoms with E-state index in [1.807, 2.05) is 26.0 Å². The Kier molecular flexibility index (Phi) is 3.51. The third-order valence-corrected chi connectivity index (χ3v) is 2.86. The van der Waals surface area contributed by atoms with Gasteiger partial charge in [0.2, 0.25) is 0 Å². The zero-order valence-corrected chi connectivity index (χ0v) is 10.8. The molecule has 1 aliphatic heterocycles. The number of rotatable bonds is 3. The molecule has 1 aromatic rings. The van der Waals surface area contributed by atoms with Crippen LogP contribution in [0.25, 0.3) is 5.57 Å². The number of H-pyrrole nitrogens is 1. The highest BCUT2D eigenvalue weighted by atomic mass is 16.1. The molecule has 0 bridgehead atoms. The number of hydrogen-bond donors (Lipinski definition) is 2. The number of hydrogen-bond acceptors (Lipinski definition) is 1. The molecule has 2 heterocycles. The van der Waals surface area contributed by atoms with Gasteiger partial charge in [-0.1, -0.05) is 30.4 Å². The van der Waals surface area contributed by atoms with Crippen LogP contribution < -0.4 is 5.32 Å². The van der Waals surface area contributed by atoms with Crippen LogP contribution >= 0.6 is 0 Å². The highest BCUT2D eigenvalue weighted by molar-refractivity contribution is 5.97. The monoisotopic (exact) mass is 242 g/mol. The molecule has 0 aliphatic carbocycles. The van der Waals surface area contributed by atoms with E-state index in [-0.39, 0.29) is 5.91 Å². The molecule has 3 nitrogen and oxygen atoms in total. The summed E-state index contributed by atoms with van der Waals surface area (Å²) in [5.41, 5.74) is 5.00. The van der Waals surface area contributed by atoms with Crippen LogP contribution in [0.4, 0.5) is 0 Å². The average molecular weight is 242 g/mol. The van der Waals surface area contributed by atoms with Crippen molar-refractivity contribution in [2.75, 3.05) is 6.54 Å². The van der Waals surface area contributed by atoms with E-state index < -0.39 is 0 Å². The van der Waals surface area contributed by atoms with Gasteiger partial charge in [0.25, 0.3) is 5.91 Å². The van der Waals surface area contributed by atoms with Crippen molar-refractivity contribution in [1.29, 1.82) is 0 Å². The molecule has 0 saturated heterocycles. The van der Waals surface area contributed by atoms with Crippen molar-refractivity contribution in [1.82, 2.24) is 10.3 Å². The number of carbonyl (C=O) groups is 1. The van der Waals surface area contributed by atoms with Crippen LogP contribution in [0.2, 0.25) is 0 Å². The fourth-order valence-electron chi connectivity index (χ4n) is 2.10. The molecule has 2 N–H and O–H groups in total. The van der Waals surface area contributed by atoms with Crippen LogP contribution in [0.3, 0.4) is 0 Å². The van der Waals surface area contributed by atoms with Crippen molar-refractivity contribution in [3.8, 4) is 0 Å². The second-order valence-electron chi connectivity index (χ2n) is 4.66. The number of allylic oxidation sites excluding steroid dienone is 5. The summed E-state index contributed by atoms with van der Waals surface area (Å²) < 4.78 is 0. The van der Waals surface area contributed by atoms with Crippen molar-refractivity contribution in [2.24, 2.45) is 0 Å². The van der Waals surface area contributed by atoms with Crippen LogP contribution in [-0.2, 0) is 6.42 Å². The Morgan fingerprint density at radius 2 is 2.22 bits per heavy atom. The normalized spacial score (nSPS) is 14.8. The smallest absolute Gasteiger partial charge is 0.253 e. The van der Waals surface area contributed by atoms with Crippen LogP contribution in [-0.4, -0.2) is 17.4 Å². The first-order chi connectivity index (χ1) is 8.61. The minimum absolute atomic E-state index is 0.00824. The molecule has 0 saturated carbocycles. The van der Waals surface area contributed by atoms with Crippen molar-refractivity contribution >= 4 is 11.5 Å². The van der Waals surface area contributed by atoms with E-state index in [1.165, 1.54) is 5.57 Å². The Morgan fingerprint density at radius 3 is 2.83 bits per heavy atom. The average Bonchev–Trinajstić information content (AvgIpc) is 2.73. The maximum atomic E-state index is 11.7. The number of aromatic amines is 1. The van der Waals surface area contributed by atoms with E-state index in [0.29, 0.717) is 6.54 Å². The molecule has 2 rings (SSSR count). The van der Waals surface area contributed by atoms with Gasteiger partial charge < -0.3 is 10.3 Å². The van der Waals surface area contributed by atoms with Crippen LogP contribution in [0, 0.1) is 0 Å². The molecule has 1 aromatic heterocycles. The first kappa shape index (κ1) is 12.4. The van der Waals surface area contributed by atoms with Gasteiger partial charge in [0, 0.05) is 24.4 Å². The predicted octanol–water partition coefficient (Wildman–Crippen LogP) is 2.84. The summed E-state index contributed by atoms with van der Waals surface area (Å²) in [5.74, 6) is 0.00824. The fraction of sp³-hybridized carbons (Fsp3) is 0.267. The Bertz CT molecular complexity index is 543. The molecular weight excluding hydrogens is 224 g/mol. The van der Waals surface area contributed by atoms with E-state index in [1.54, 1.807) is 6.08 Å². The lowest BCUT2D eigenvalue weighted by Gasteiger charge is -2.10. The quantitative estimate of drug-likeness (QED) is 0.786. The number of nitrogens with one attached hydrogen (secondary N) is 2. The zero-order valence-electron chi connectivity index (χ0n) is 10.8. The number of carbonyl (C=O) groups excluding carboxylic acids is 1. The van der Waals surface area contributed by atoms with Crippen molar-refractivity contribution in [3.05, 3.63) is 53.4 Å². The maximum Gasteiger partial charge on any atom is 0.253 e. The minimum atomic E-state index is 0.00824. The van der Waals surface area contributed by atoms with Gasteiger partial charge in [-0.25, -0.2) is 0 Å². The van der Waals surface area contributed by atoms with Gasteiger partial charge in [-0.15, -0.1) is 0 Å². The first-order valence-electron chi connectivity index (χ1n) is 6.10. The topological polar surface area (TPSA) is 44.9 Å². The van der Waals surface area contributed by atoms with Crippen LogP contribution in [0.5, 0.6) is 0 Å². The fourth-order valence-corrected chi connectivity index (χ4v) is 2.10. The van der Waals surface area contributed by atoms with Gasteiger partial charge in [0.1, 0.15) is 0 Å². The standard InChI is InChI=1S/C15H18N2O/c1-4-5-11(8-10(2)3)14-9-12-13(17-14)6-7-16-15(12)18/h4-5,8-9,17H,1,6-7H2,2-3H3,(H,16,18)/b11-5+. The van der Waals surface area contributed by atoms with Gasteiger partial charge in [0.05, 0.1) is 5.56 Å². The molecule has 0 aromatic carbocycles. The van der Waals surface area contributed by atoms with Crippen LogP contribution in [0.1, 0.15) is 35.6 Å². The van der Waals surface area contributed by atoms with Crippen molar-refractivity contribution in [3.63, 3.8) is 0 Å². The highest BCUT2D eigenvalue weighted by Gasteiger charge is 2.19. The molecule has 0 fully saturated rings. The number of aromatic nitrogens is 1. The number of fused-ring (bicyclic) bond motifs is 1. The lowest BCUT2D eigenvalue weighted by Crippen LogP contribution is -2.31. The summed E-state index contributed by atoms with van der Waals surface area (Å²) in [5, 5.41) is 2.85. The first-order valence-corrected chi connectivity index (χ1v) is 6.10. The zero-order chi connectivity index (χ0) is 13.1. The largest absolute Gasteiger partial charge is 0.358 e. The summed E-state index contributed by atoms with van der Waals surface area (Å²) in [6.07, 6.45) is 6.64. The molecule has 94 valence electrons. The van der Waals surface area contributed by atoms with Crippen LogP contribution in [0.15, 0.2) is 36.4 Å². The Hall–Kier alpha value is -2.03. The molecule has 1 aliphatic rings. The Morgan fingerprint density at radius 1 is 1.44 bits per heavy atom. The molecule has 0 radical (unpaired) electrons. The van der Waals surface area contributed by atoms with Crippen molar-refractivity contribution in [2.45, 2.75) is 20.3 Å². The summed E-state index contributed by atoms with van der Waals surface area (Å²) in [4.78, 5) is 15.0. The lowest BCUT2D eigenvalue weighted by atomic mass is 10.1. The summed E-state index contributed by atoms with van der Waals surface area (Å²) >= 11 is 0. The lowest BCUT2D eigenvalue weighted by molar-refractivity contribution is 0.0946. The molecular formula is C15H18N2O. The van der Waals surface area contributed by atoms with Gasteiger partial charge in [0.15, 0.2) is 0 Å². The molecule has 0 unspecified atom stereocenters. The predicted molar refractivity (Wildman–Crippen MR) is 74.4 cm³/mol. The highest BCUT2D eigenvalue weighted by Crippen LogP contribution is 2.22. The van der Waals surface area contributed by atoms with E-state index in [9.17, 15) is 4.79 Å². The SMILES string of the molecule is C=C/C=C(\C=C(C)C)c1cc2c([nH]1)CCNC2=O. The molecule has 0 spiro atoms. The third-order valence-electron chi connectivity index (χ3n) is 2.86. The van der Waals surface area contributed by atoms with E-state index in [0.717, 1.165) is 28.9 Å². The van der Waals surface area contributed by atoms with Gasteiger partial charge in [-0.05, 0) is 25.5 Å². The van der Waals surface area contributed by atoms with E-state index >= 15 is 0 Å². The summed E-state index contributed by atoms with van der Waals surface area (Å²) in [7, 11) is 0.